The van der Waals surface area contributed by atoms with Crippen LogP contribution < -0.4 is 44.6 Å². The molecule has 15 nitrogen and oxygen atoms in total. The number of nitrogens with one attached hydrogen (secondary N) is 3. The van der Waals surface area contributed by atoms with E-state index in [0.717, 1.165) is 0 Å². The number of guanidine groups is 2. The van der Waals surface area contributed by atoms with Gasteiger partial charge in [0.05, 0.1) is 6.04 Å². The summed E-state index contributed by atoms with van der Waals surface area (Å²) < 4.78 is 0. The predicted molar refractivity (Wildman–Crippen MR) is 150 cm³/mol. The highest BCUT2D eigenvalue weighted by Crippen LogP contribution is 2.10. The molecule has 0 saturated heterocycles. The number of amides is 3. The average molecular weight is 557 g/mol. The van der Waals surface area contributed by atoms with Crippen LogP contribution in [0.4, 0.5) is 0 Å². The molecule has 0 saturated carbocycles. The van der Waals surface area contributed by atoms with Crippen LogP contribution in [-0.2, 0) is 19.2 Å². The number of rotatable bonds is 19. The minimum atomic E-state index is -1.22. The molecule has 0 radical (unpaired) electrons. The molecule has 0 aromatic carbocycles. The zero-order valence-corrected chi connectivity index (χ0v) is 23.5. The molecular formula is C24H48N10O5. The molecule has 15 heteroatoms. The maximum atomic E-state index is 13.2. The highest BCUT2D eigenvalue weighted by molar-refractivity contribution is 5.94. The number of aliphatic carboxylic acids is 1. The number of carbonyl (C=O) groups excluding carboxylic acids is 3. The molecule has 14 N–H and O–H groups in total. The van der Waals surface area contributed by atoms with Gasteiger partial charge in [0.2, 0.25) is 17.7 Å². The fourth-order valence-electron chi connectivity index (χ4n) is 3.64. The molecule has 0 unspecified atom stereocenters. The summed E-state index contributed by atoms with van der Waals surface area (Å²) in [6, 6.07) is -4.04. The highest BCUT2D eigenvalue weighted by Gasteiger charge is 2.31. The van der Waals surface area contributed by atoms with Crippen molar-refractivity contribution in [2.24, 2.45) is 50.5 Å². The molecule has 3 amide bonds. The first-order chi connectivity index (χ1) is 18.1. The van der Waals surface area contributed by atoms with Crippen LogP contribution in [0.1, 0.15) is 66.2 Å². The van der Waals surface area contributed by atoms with E-state index in [1.54, 1.807) is 0 Å². The Labute approximate surface area is 230 Å². The summed E-state index contributed by atoms with van der Waals surface area (Å²) in [6.45, 7) is 8.04. The van der Waals surface area contributed by atoms with Gasteiger partial charge in [0, 0.05) is 13.1 Å². The summed E-state index contributed by atoms with van der Waals surface area (Å²) in [5.74, 6) is -3.06. The third-order valence-electron chi connectivity index (χ3n) is 5.54. The quantitative estimate of drug-likeness (QED) is 0.0481. The van der Waals surface area contributed by atoms with Gasteiger partial charge < -0.3 is 49.7 Å². The molecule has 4 atom stereocenters. The van der Waals surface area contributed by atoms with Crippen molar-refractivity contribution in [3.8, 4) is 0 Å². The van der Waals surface area contributed by atoms with E-state index in [0.29, 0.717) is 32.2 Å². The minimum absolute atomic E-state index is 0.00275. The number of hydrogen-bond acceptors (Lipinski definition) is 7. The van der Waals surface area contributed by atoms with Crippen LogP contribution in [0.25, 0.3) is 0 Å². The second kappa shape index (κ2) is 18.6. The monoisotopic (exact) mass is 556 g/mol. The van der Waals surface area contributed by atoms with E-state index in [1.807, 2.05) is 27.7 Å². The fraction of sp³-hybridized carbons (Fsp3) is 0.750. The maximum Gasteiger partial charge on any atom is 0.326 e. The molecule has 0 aromatic heterocycles. The molecule has 0 aromatic rings. The van der Waals surface area contributed by atoms with E-state index in [9.17, 15) is 24.3 Å². The lowest BCUT2D eigenvalue weighted by Crippen LogP contribution is -2.57. The fourth-order valence-corrected chi connectivity index (χ4v) is 3.64. The molecule has 0 heterocycles. The number of hydrogen-bond donors (Lipinski definition) is 9. The van der Waals surface area contributed by atoms with E-state index < -0.39 is 47.9 Å². The molecule has 0 aliphatic rings. The molecule has 0 bridgehead atoms. The first kappa shape index (κ1) is 35.4. The largest absolute Gasteiger partial charge is 0.480 e. The summed E-state index contributed by atoms with van der Waals surface area (Å²) in [5.41, 5.74) is 27.1. The zero-order chi connectivity index (χ0) is 30.1. The molecule has 0 aliphatic heterocycles. The van der Waals surface area contributed by atoms with Crippen LogP contribution in [0.2, 0.25) is 0 Å². The Balaban J connectivity index is 5.41. The third-order valence-corrected chi connectivity index (χ3v) is 5.54. The zero-order valence-electron chi connectivity index (χ0n) is 23.5. The summed E-state index contributed by atoms with van der Waals surface area (Å²) in [5, 5.41) is 17.4. The van der Waals surface area contributed by atoms with E-state index in [4.69, 9.17) is 28.7 Å². The van der Waals surface area contributed by atoms with Gasteiger partial charge in [0.1, 0.15) is 18.1 Å². The maximum absolute atomic E-state index is 13.2. The van der Waals surface area contributed by atoms with Crippen LogP contribution in [0, 0.1) is 11.8 Å². The second-order valence-corrected chi connectivity index (χ2v) is 10.3. The van der Waals surface area contributed by atoms with E-state index in [2.05, 4.69) is 25.9 Å². The van der Waals surface area contributed by atoms with Crippen LogP contribution in [0.15, 0.2) is 9.98 Å². The molecule has 39 heavy (non-hydrogen) atoms. The Morgan fingerprint density at radius 2 is 1.05 bits per heavy atom. The number of carboxylic acids is 1. The highest BCUT2D eigenvalue weighted by atomic mass is 16.4. The Kier molecular flexibility index (Phi) is 16.9. The first-order valence-electron chi connectivity index (χ1n) is 13.1. The molecule has 0 spiro atoms. The molecule has 0 aliphatic carbocycles. The average Bonchev–Trinajstić information content (AvgIpc) is 2.81. The van der Waals surface area contributed by atoms with Gasteiger partial charge in [-0.1, -0.05) is 27.7 Å². The van der Waals surface area contributed by atoms with Crippen LogP contribution >= 0.6 is 0 Å². The normalized spacial score (nSPS) is 14.0. The van der Waals surface area contributed by atoms with Crippen LogP contribution in [0.3, 0.4) is 0 Å². The topological polar surface area (TPSA) is 279 Å². The third kappa shape index (κ3) is 16.8. The van der Waals surface area contributed by atoms with Gasteiger partial charge in [-0.2, -0.15) is 0 Å². The smallest absolute Gasteiger partial charge is 0.326 e. The molecule has 0 fully saturated rings. The van der Waals surface area contributed by atoms with Crippen molar-refractivity contribution in [3.05, 3.63) is 0 Å². The molecular weight excluding hydrogens is 508 g/mol. The predicted octanol–water partition coefficient (Wildman–Crippen LogP) is -1.95. The van der Waals surface area contributed by atoms with Crippen molar-refractivity contribution >= 4 is 35.6 Å². The minimum Gasteiger partial charge on any atom is -0.480 e. The van der Waals surface area contributed by atoms with Crippen LogP contribution in [0.5, 0.6) is 0 Å². The Morgan fingerprint density at radius 3 is 1.44 bits per heavy atom. The Morgan fingerprint density at radius 1 is 0.667 bits per heavy atom. The number of carboxylic acid groups (broad SMARTS) is 1. The summed E-state index contributed by atoms with van der Waals surface area (Å²) in [6.07, 6.45) is 1.75. The van der Waals surface area contributed by atoms with Gasteiger partial charge in [-0.3, -0.25) is 24.4 Å². The van der Waals surface area contributed by atoms with Gasteiger partial charge >= 0.3 is 5.97 Å². The van der Waals surface area contributed by atoms with Crippen molar-refractivity contribution in [1.29, 1.82) is 0 Å². The van der Waals surface area contributed by atoms with E-state index in [-0.39, 0.29) is 43.1 Å². The Bertz CT molecular complexity index is 854. The van der Waals surface area contributed by atoms with Crippen molar-refractivity contribution < 1.29 is 24.3 Å². The van der Waals surface area contributed by atoms with Crippen LogP contribution in [-0.4, -0.2) is 78.0 Å². The lowest BCUT2D eigenvalue weighted by Gasteiger charge is -2.27. The number of carbonyl (C=O) groups is 4. The van der Waals surface area contributed by atoms with Gasteiger partial charge in [-0.25, -0.2) is 4.79 Å². The lowest BCUT2D eigenvalue weighted by molar-refractivity contribution is -0.142. The Hall–Kier alpha value is -3.62. The summed E-state index contributed by atoms with van der Waals surface area (Å²) >= 11 is 0. The molecule has 0 rings (SSSR count). The summed E-state index contributed by atoms with van der Waals surface area (Å²) in [7, 11) is 0. The van der Waals surface area contributed by atoms with Gasteiger partial charge in [-0.15, -0.1) is 0 Å². The second-order valence-electron chi connectivity index (χ2n) is 10.3. The van der Waals surface area contributed by atoms with Crippen molar-refractivity contribution in [2.45, 2.75) is 90.4 Å². The van der Waals surface area contributed by atoms with E-state index in [1.165, 1.54) is 0 Å². The number of nitrogens with two attached hydrogens (primary N) is 5. The van der Waals surface area contributed by atoms with Crippen molar-refractivity contribution in [3.63, 3.8) is 0 Å². The van der Waals surface area contributed by atoms with Gasteiger partial charge in [0.15, 0.2) is 11.9 Å². The van der Waals surface area contributed by atoms with Gasteiger partial charge in [0.25, 0.3) is 0 Å². The van der Waals surface area contributed by atoms with Crippen molar-refractivity contribution in [1.82, 2.24) is 16.0 Å². The summed E-state index contributed by atoms with van der Waals surface area (Å²) in [4.78, 5) is 58.3. The van der Waals surface area contributed by atoms with Gasteiger partial charge in [-0.05, 0) is 50.4 Å². The standard InChI is InChI=1S/C24H48N10O5/c1-13(2)11-17(33-19(35)15(25)7-5-9-30-23(26)27)21(37)34-18(12-14(3)4)20(36)32-16(22(38)39)8-6-10-31-24(28)29/h13-18H,5-12,25H2,1-4H3,(H,32,36)(H,33,35)(H,34,37)(H,38,39)(H4,26,27,30)(H4,28,29,31)/t15-,16-,17-,18-/m1/s1. The molecule has 224 valence electrons. The number of nitrogens with zero attached hydrogens (tertiary/aromatic N) is 2. The first-order valence-corrected chi connectivity index (χ1v) is 13.1. The van der Waals surface area contributed by atoms with Crippen molar-refractivity contribution in [2.75, 3.05) is 13.1 Å². The number of aliphatic imine (C=N–C) groups is 2. The lowest BCUT2D eigenvalue weighted by atomic mass is 9.99. The van der Waals surface area contributed by atoms with E-state index >= 15 is 0 Å². The SMILES string of the molecule is CC(C)C[C@@H](NC(=O)[C@H](N)CCCN=C(N)N)C(=O)N[C@H](CC(C)C)C(=O)N[C@H](CCCN=C(N)N)C(=O)O.